The summed E-state index contributed by atoms with van der Waals surface area (Å²) in [6.07, 6.45) is 0.665. The molecule has 1 saturated heterocycles. The van der Waals surface area contributed by atoms with Gasteiger partial charge in [0, 0.05) is 38.2 Å². The molecule has 110 valence electrons. The highest BCUT2D eigenvalue weighted by Crippen LogP contribution is 2.21. The summed E-state index contributed by atoms with van der Waals surface area (Å²) < 4.78 is 5.22. The lowest BCUT2D eigenvalue weighted by atomic mass is 10.0. The molecule has 0 radical (unpaired) electrons. The molecule has 1 aromatic carbocycles. The summed E-state index contributed by atoms with van der Waals surface area (Å²) in [5.74, 6) is -0.0832. The number of carbonyl (C=O) groups excluding carboxylic acids is 1. The molecular formula is C15H22N2O3. The van der Waals surface area contributed by atoms with Crippen LogP contribution in [0.5, 0.6) is 0 Å². The van der Waals surface area contributed by atoms with E-state index in [1.807, 2.05) is 31.2 Å². The van der Waals surface area contributed by atoms with Crippen molar-refractivity contribution in [2.45, 2.75) is 31.9 Å². The van der Waals surface area contributed by atoms with Gasteiger partial charge in [-0.1, -0.05) is 12.1 Å². The van der Waals surface area contributed by atoms with Crippen LogP contribution in [0.15, 0.2) is 24.3 Å². The summed E-state index contributed by atoms with van der Waals surface area (Å²) in [7, 11) is 0. The summed E-state index contributed by atoms with van der Waals surface area (Å²) in [5, 5.41) is 16.3. The molecule has 1 aromatic rings. The third-order valence-corrected chi connectivity index (χ3v) is 3.53. The van der Waals surface area contributed by atoms with Crippen molar-refractivity contribution in [2.75, 3.05) is 25.1 Å². The van der Waals surface area contributed by atoms with E-state index in [0.717, 1.165) is 11.3 Å². The number of anilines is 1. The molecule has 1 heterocycles. The summed E-state index contributed by atoms with van der Waals surface area (Å²) in [6, 6.07) is 7.79. The molecule has 0 saturated carbocycles. The molecule has 0 bridgehead atoms. The predicted octanol–water partition coefficient (Wildman–Crippen LogP) is 1.45. The molecule has 5 nitrogen and oxygen atoms in total. The lowest BCUT2D eigenvalue weighted by Gasteiger charge is -2.24. The van der Waals surface area contributed by atoms with Crippen LogP contribution in [0.25, 0.3) is 0 Å². The van der Waals surface area contributed by atoms with Crippen LogP contribution in [0.4, 0.5) is 5.69 Å². The molecule has 0 unspecified atom stereocenters. The highest BCUT2D eigenvalue weighted by atomic mass is 16.5. The third-order valence-electron chi connectivity index (χ3n) is 3.53. The van der Waals surface area contributed by atoms with E-state index in [1.54, 1.807) is 0 Å². The molecule has 0 spiro atoms. The van der Waals surface area contributed by atoms with E-state index in [4.69, 9.17) is 4.74 Å². The number of ether oxygens (including phenoxy) is 1. The number of hydrogen-bond acceptors (Lipinski definition) is 4. The van der Waals surface area contributed by atoms with Crippen LogP contribution in [0.2, 0.25) is 0 Å². The second-order valence-corrected chi connectivity index (χ2v) is 5.44. The summed E-state index contributed by atoms with van der Waals surface area (Å²) in [5.41, 5.74) is 1.09. The zero-order valence-corrected chi connectivity index (χ0v) is 12.0. The molecule has 1 amide bonds. The molecule has 1 aliphatic heterocycles. The Morgan fingerprint density at radius 2 is 2.35 bits per heavy atom. The van der Waals surface area contributed by atoms with Crippen molar-refractivity contribution >= 4 is 11.6 Å². The van der Waals surface area contributed by atoms with Gasteiger partial charge in [0.05, 0.1) is 6.61 Å². The fraction of sp³-hybridized carbons (Fsp3) is 0.533. The van der Waals surface area contributed by atoms with Crippen molar-refractivity contribution in [3.8, 4) is 0 Å². The number of hydrogen-bond donors (Lipinski definition) is 3. The molecule has 5 heteroatoms. The van der Waals surface area contributed by atoms with E-state index < -0.39 is 5.60 Å². The first kappa shape index (κ1) is 15.0. The van der Waals surface area contributed by atoms with Gasteiger partial charge in [-0.15, -0.1) is 0 Å². The molecule has 1 fully saturated rings. The number of aliphatic hydroxyl groups is 1. The molecule has 2 rings (SSSR count). The van der Waals surface area contributed by atoms with Gasteiger partial charge in [-0.25, -0.2) is 0 Å². The van der Waals surface area contributed by atoms with Crippen LogP contribution in [0.3, 0.4) is 0 Å². The van der Waals surface area contributed by atoms with Crippen LogP contribution in [-0.4, -0.2) is 36.4 Å². The number of nitrogens with one attached hydrogen (secondary N) is 2. The quantitative estimate of drug-likeness (QED) is 0.762. The molecule has 1 aliphatic rings. The number of benzene rings is 1. The number of amides is 1. The summed E-state index contributed by atoms with van der Waals surface area (Å²) >= 11 is 0. The Kier molecular flexibility index (Phi) is 4.75. The van der Waals surface area contributed by atoms with Gasteiger partial charge in [0.2, 0.25) is 5.91 Å². The van der Waals surface area contributed by atoms with Gasteiger partial charge >= 0.3 is 0 Å². The minimum absolute atomic E-state index is 0.0832. The topological polar surface area (TPSA) is 70.6 Å². The second kappa shape index (κ2) is 6.35. The summed E-state index contributed by atoms with van der Waals surface area (Å²) in [4.78, 5) is 11.1. The Hall–Kier alpha value is -1.43. The van der Waals surface area contributed by atoms with Crippen LogP contribution in [-0.2, 0) is 9.53 Å². The largest absolute Gasteiger partial charge is 0.386 e. The maximum absolute atomic E-state index is 11.1. The van der Waals surface area contributed by atoms with Gasteiger partial charge in [-0.2, -0.15) is 0 Å². The maximum Gasteiger partial charge on any atom is 0.221 e. The van der Waals surface area contributed by atoms with Crippen molar-refractivity contribution in [1.29, 1.82) is 0 Å². The van der Waals surface area contributed by atoms with E-state index in [1.165, 1.54) is 6.92 Å². The Balaban J connectivity index is 1.94. The van der Waals surface area contributed by atoms with E-state index in [2.05, 4.69) is 10.6 Å². The zero-order chi connectivity index (χ0) is 14.6. The SMILES string of the molecule is CC(=O)Nc1cccc([C@@H](C)NC[C@@]2(O)CCOC2)c1. The van der Waals surface area contributed by atoms with Crippen molar-refractivity contribution in [2.24, 2.45) is 0 Å². The van der Waals surface area contributed by atoms with Gasteiger partial charge in [0.15, 0.2) is 0 Å². The van der Waals surface area contributed by atoms with Gasteiger partial charge in [0.1, 0.15) is 5.60 Å². The Labute approximate surface area is 119 Å². The maximum atomic E-state index is 11.1. The molecule has 2 atom stereocenters. The first-order valence-electron chi connectivity index (χ1n) is 6.90. The Bertz CT molecular complexity index is 470. The highest BCUT2D eigenvalue weighted by molar-refractivity contribution is 5.88. The highest BCUT2D eigenvalue weighted by Gasteiger charge is 2.32. The zero-order valence-electron chi connectivity index (χ0n) is 12.0. The van der Waals surface area contributed by atoms with Crippen LogP contribution < -0.4 is 10.6 Å². The summed E-state index contributed by atoms with van der Waals surface area (Å²) in [6.45, 7) is 5.03. The first-order valence-corrected chi connectivity index (χ1v) is 6.90. The molecular weight excluding hydrogens is 256 g/mol. The van der Waals surface area contributed by atoms with Gasteiger partial charge < -0.3 is 20.5 Å². The normalized spacial score (nSPS) is 23.6. The van der Waals surface area contributed by atoms with Crippen molar-refractivity contribution in [1.82, 2.24) is 5.32 Å². The minimum atomic E-state index is -0.760. The average Bonchev–Trinajstić information content (AvgIpc) is 2.83. The fourth-order valence-electron chi connectivity index (χ4n) is 2.29. The lowest BCUT2D eigenvalue weighted by Crippen LogP contribution is -2.41. The lowest BCUT2D eigenvalue weighted by molar-refractivity contribution is -0.114. The van der Waals surface area contributed by atoms with Crippen LogP contribution >= 0.6 is 0 Å². The Morgan fingerprint density at radius 1 is 1.55 bits per heavy atom. The van der Waals surface area contributed by atoms with Gasteiger partial charge in [-0.05, 0) is 24.6 Å². The molecule has 20 heavy (non-hydrogen) atoms. The Morgan fingerprint density at radius 3 is 3.00 bits per heavy atom. The van der Waals surface area contributed by atoms with Crippen molar-refractivity contribution in [3.63, 3.8) is 0 Å². The molecule has 0 aromatic heterocycles. The second-order valence-electron chi connectivity index (χ2n) is 5.44. The van der Waals surface area contributed by atoms with Crippen LogP contribution in [0, 0.1) is 0 Å². The van der Waals surface area contributed by atoms with Crippen molar-refractivity contribution in [3.05, 3.63) is 29.8 Å². The molecule has 3 N–H and O–H groups in total. The van der Waals surface area contributed by atoms with E-state index >= 15 is 0 Å². The monoisotopic (exact) mass is 278 g/mol. The average molecular weight is 278 g/mol. The smallest absolute Gasteiger partial charge is 0.221 e. The standard InChI is InChI=1S/C15H22N2O3/c1-11(16-9-15(19)6-7-20-10-15)13-4-3-5-14(8-13)17-12(2)18/h3-5,8,11,16,19H,6-7,9-10H2,1-2H3,(H,17,18)/t11-,15+/m1/s1. The molecule has 0 aliphatic carbocycles. The van der Waals surface area contributed by atoms with Gasteiger partial charge in [-0.3, -0.25) is 4.79 Å². The number of rotatable bonds is 5. The van der Waals surface area contributed by atoms with Crippen molar-refractivity contribution < 1.29 is 14.6 Å². The minimum Gasteiger partial charge on any atom is -0.386 e. The van der Waals surface area contributed by atoms with Gasteiger partial charge in [0.25, 0.3) is 0 Å². The van der Waals surface area contributed by atoms with E-state index in [-0.39, 0.29) is 11.9 Å². The van der Waals surface area contributed by atoms with Crippen LogP contribution in [0.1, 0.15) is 31.9 Å². The predicted molar refractivity (Wildman–Crippen MR) is 77.5 cm³/mol. The van der Waals surface area contributed by atoms with E-state index in [0.29, 0.717) is 26.2 Å². The first-order chi connectivity index (χ1) is 9.48. The van der Waals surface area contributed by atoms with E-state index in [9.17, 15) is 9.90 Å². The number of carbonyl (C=O) groups is 1. The fourth-order valence-corrected chi connectivity index (χ4v) is 2.29. The third kappa shape index (κ3) is 4.03.